The fourth-order valence-electron chi connectivity index (χ4n) is 1.69. The first-order chi connectivity index (χ1) is 10.1. The van der Waals surface area contributed by atoms with E-state index in [0.717, 1.165) is 4.90 Å². The molecule has 0 aliphatic rings. The molecule has 0 saturated carbocycles. The van der Waals surface area contributed by atoms with Gasteiger partial charge in [0.05, 0.1) is 16.5 Å². The largest absolute Gasteiger partial charge is 0.324 e. The van der Waals surface area contributed by atoms with E-state index in [-0.39, 0.29) is 17.0 Å². The predicted octanol–water partition coefficient (Wildman–Crippen LogP) is 3.82. The molecule has 0 aliphatic heterocycles. The minimum atomic E-state index is -0.359. The number of amides is 1. The third-order valence-electron chi connectivity index (χ3n) is 2.80. The Morgan fingerprint density at radius 2 is 1.90 bits per heavy atom. The van der Waals surface area contributed by atoms with E-state index in [9.17, 15) is 9.18 Å². The van der Waals surface area contributed by atoms with Gasteiger partial charge in [0.2, 0.25) is 5.91 Å². The molecule has 0 aromatic heterocycles. The van der Waals surface area contributed by atoms with Gasteiger partial charge in [-0.3, -0.25) is 4.79 Å². The van der Waals surface area contributed by atoms with Crippen LogP contribution in [0.1, 0.15) is 12.5 Å². The molecule has 5 heteroatoms. The Kier molecular flexibility index (Phi) is 4.96. The number of thioether (sulfide) groups is 1. The summed E-state index contributed by atoms with van der Waals surface area (Å²) in [6.45, 7) is 1.76. The van der Waals surface area contributed by atoms with Crippen molar-refractivity contribution in [2.45, 2.75) is 17.1 Å². The number of carbonyl (C=O) groups excluding carboxylic acids is 1. The molecule has 1 unspecified atom stereocenters. The third-order valence-corrected chi connectivity index (χ3v) is 3.91. The summed E-state index contributed by atoms with van der Waals surface area (Å²) >= 11 is 1.33. The summed E-state index contributed by atoms with van der Waals surface area (Å²) in [5.74, 6) is -0.508. The lowest BCUT2D eigenvalue weighted by Gasteiger charge is -2.12. The van der Waals surface area contributed by atoms with E-state index in [0.29, 0.717) is 11.3 Å². The average molecular weight is 300 g/mol. The maximum absolute atomic E-state index is 12.8. The van der Waals surface area contributed by atoms with Gasteiger partial charge in [0.1, 0.15) is 11.9 Å². The van der Waals surface area contributed by atoms with E-state index < -0.39 is 0 Å². The molecule has 1 N–H and O–H groups in total. The number of nitrogens with one attached hydrogen (secondary N) is 1. The third kappa shape index (κ3) is 4.07. The van der Waals surface area contributed by atoms with E-state index in [1.807, 2.05) is 6.07 Å². The van der Waals surface area contributed by atoms with Gasteiger partial charge in [-0.05, 0) is 43.3 Å². The summed E-state index contributed by atoms with van der Waals surface area (Å²) in [5.41, 5.74) is 0.918. The van der Waals surface area contributed by atoms with Gasteiger partial charge in [0.25, 0.3) is 0 Å². The minimum Gasteiger partial charge on any atom is -0.324 e. The minimum absolute atomic E-state index is 0.202. The number of carbonyl (C=O) groups is 1. The van der Waals surface area contributed by atoms with Crippen LogP contribution in [0.5, 0.6) is 0 Å². The highest BCUT2D eigenvalue weighted by Gasteiger charge is 2.15. The first-order valence-corrected chi connectivity index (χ1v) is 7.20. The predicted molar refractivity (Wildman–Crippen MR) is 81.5 cm³/mol. The van der Waals surface area contributed by atoms with Crippen LogP contribution in [0.25, 0.3) is 0 Å². The molecule has 3 nitrogen and oxygen atoms in total. The van der Waals surface area contributed by atoms with Gasteiger partial charge in [0.15, 0.2) is 0 Å². The van der Waals surface area contributed by atoms with Crippen molar-refractivity contribution in [3.63, 3.8) is 0 Å². The smallest absolute Gasteiger partial charge is 0.237 e. The van der Waals surface area contributed by atoms with Crippen LogP contribution in [-0.2, 0) is 4.79 Å². The monoisotopic (exact) mass is 300 g/mol. The zero-order chi connectivity index (χ0) is 15.2. The van der Waals surface area contributed by atoms with Crippen LogP contribution in [0.4, 0.5) is 10.1 Å². The fourth-order valence-corrected chi connectivity index (χ4v) is 2.56. The summed E-state index contributed by atoms with van der Waals surface area (Å²) in [5, 5.41) is 11.4. The number of para-hydroxylation sites is 1. The fraction of sp³-hybridized carbons (Fsp3) is 0.125. The quantitative estimate of drug-likeness (QED) is 0.873. The van der Waals surface area contributed by atoms with Crippen molar-refractivity contribution < 1.29 is 9.18 Å². The van der Waals surface area contributed by atoms with E-state index in [4.69, 9.17) is 5.26 Å². The van der Waals surface area contributed by atoms with E-state index in [1.54, 1.807) is 43.3 Å². The highest BCUT2D eigenvalue weighted by Crippen LogP contribution is 2.24. The van der Waals surface area contributed by atoms with E-state index in [2.05, 4.69) is 5.32 Å². The molecule has 0 saturated heterocycles. The molecule has 0 spiro atoms. The molecule has 1 amide bonds. The zero-order valence-corrected chi connectivity index (χ0v) is 12.2. The Bertz CT molecular complexity index is 679. The van der Waals surface area contributed by atoms with Gasteiger partial charge < -0.3 is 5.32 Å². The summed E-state index contributed by atoms with van der Waals surface area (Å²) in [4.78, 5) is 12.9. The maximum atomic E-state index is 12.8. The molecule has 21 heavy (non-hydrogen) atoms. The molecule has 2 rings (SSSR count). The Balaban J connectivity index is 2.03. The van der Waals surface area contributed by atoms with Crippen molar-refractivity contribution in [3.05, 3.63) is 59.9 Å². The number of halogens is 1. The molecular weight excluding hydrogens is 287 g/mol. The standard InChI is InChI=1S/C16H13FN2OS/c1-11(21-14-8-6-13(17)7-9-14)16(20)19-15-5-3-2-4-12(15)10-18/h2-9,11H,1H3,(H,19,20). The van der Waals surface area contributed by atoms with Gasteiger partial charge in [-0.1, -0.05) is 12.1 Å². The number of benzene rings is 2. The summed E-state index contributed by atoms with van der Waals surface area (Å²) in [6, 6.07) is 14.8. The first-order valence-electron chi connectivity index (χ1n) is 6.32. The van der Waals surface area contributed by atoms with E-state index >= 15 is 0 Å². The zero-order valence-electron chi connectivity index (χ0n) is 11.3. The Labute approximate surface area is 126 Å². The van der Waals surface area contributed by atoms with Gasteiger partial charge in [-0.2, -0.15) is 5.26 Å². The second-order valence-electron chi connectivity index (χ2n) is 4.36. The van der Waals surface area contributed by atoms with Crippen molar-refractivity contribution in [2.24, 2.45) is 0 Å². The molecular formula is C16H13FN2OS. The highest BCUT2D eigenvalue weighted by atomic mass is 32.2. The van der Waals surface area contributed by atoms with Crippen molar-refractivity contribution in [1.29, 1.82) is 5.26 Å². The van der Waals surface area contributed by atoms with Crippen molar-refractivity contribution in [2.75, 3.05) is 5.32 Å². The lowest BCUT2D eigenvalue weighted by atomic mass is 10.2. The van der Waals surface area contributed by atoms with Gasteiger partial charge >= 0.3 is 0 Å². The lowest BCUT2D eigenvalue weighted by molar-refractivity contribution is -0.115. The second-order valence-corrected chi connectivity index (χ2v) is 5.77. The molecule has 1 atom stereocenters. The lowest BCUT2D eigenvalue weighted by Crippen LogP contribution is -2.22. The molecule has 0 radical (unpaired) electrons. The molecule has 0 heterocycles. The highest BCUT2D eigenvalue weighted by molar-refractivity contribution is 8.00. The Morgan fingerprint density at radius 3 is 2.57 bits per heavy atom. The van der Waals surface area contributed by atoms with Crippen molar-refractivity contribution in [1.82, 2.24) is 0 Å². The number of nitriles is 1. The second kappa shape index (κ2) is 6.91. The molecule has 0 aliphatic carbocycles. The first kappa shape index (κ1) is 15.1. The van der Waals surface area contributed by atoms with Crippen LogP contribution in [0.3, 0.4) is 0 Å². The average Bonchev–Trinajstić information content (AvgIpc) is 2.50. The summed E-state index contributed by atoms with van der Waals surface area (Å²) in [6.07, 6.45) is 0. The molecule has 0 fully saturated rings. The van der Waals surface area contributed by atoms with Gasteiger partial charge in [0, 0.05) is 4.90 Å². The Morgan fingerprint density at radius 1 is 1.24 bits per heavy atom. The van der Waals surface area contributed by atoms with Crippen LogP contribution >= 0.6 is 11.8 Å². The number of hydrogen-bond acceptors (Lipinski definition) is 3. The van der Waals surface area contributed by atoms with Crippen LogP contribution in [0, 0.1) is 17.1 Å². The molecule has 2 aromatic rings. The number of anilines is 1. The van der Waals surface area contributed by atoms with E-state index in [1.165, 1.54) is 23.9 Å². The number of nitrogens with zero attached hydrogens (tertiary/aromatic N) is 1. The maximum Gasteiger partial charge on any atom is 0.237 e. The van der Waals surface area contributed by atoms with Gasteiger partial charge in [-0.25, -0.2) is 4.39 Å². The normalized spacial score (nSPS) is 11.5. The van der Waals surface area contributed by atoms with Crippen LogP contribution in [0.2, 0.25) is 0 Å². The van der Waals surface area contributed by atoms with Crippen molar-refractivity contribution in [3.8, 4) is 6.07 Å². The summed E-state index contributed by atoms with van der Waals surface area (Å²) < 4.78 is 12.8. The molecule has 106 valence electrons. The molecule has 0 bridgehead atoms. The summed E-state index contributed by atoms with van der Waals surface area (Å²) in [7, 11) is 0. The SMILES string of the molecule is CC(Sc1ccc(F)cc1)C(=O)Nc1ccccc1C#N. The van der Waals surface area contributed by atoms with Gasteiger partial charge in [-0.15, -0.1) is 11.8 Å². The Hall–Kier alpha value is -2.32. The topological polar surface area (TPSA) is 52.9 Å². The number of rotatable bonds is 4. The van der Waals surface area contributed by atoms with Crippen LogP contribution in [-0.4, -0.2) is 11.2 Å². The van der Waals surface area contributed by atoms with Crippen LogP contribution in [0.15, 0.2) is 53.4 Å². The van der Waals surface area contributed by atoms with Crippen LogP contribution < -0.4 is 5.32 Å². The number of hydrogen-bond donors (Lipinski definition) is 1. The van der Waals surface area contributed by atoms with Crippen molar-refractivity contribution >= 4 is 23.4 Å². The molecule has 2 aromatic carbocycles.